The average molecular weight is 302 g/mol. The van der Waals surface area contributed by atoms with Gasteiger partial charge in [0.15, 0.2) is 16.6 Å². The number of pyridine rings is 1. The van der Waals surface area contributed by atoms with E-state index in [9.17, 15) is 0 Å². The van der Waals surface area contributed by atoms with Gasteiger partial charge in [-0.1, -0.05) is 17.7 Å². The first-order valence-corrected chi connectivity index (χ1v) is 7.14. The Labute approximate surface area is 125 Å². The molecule has 21 heavy (non-hydrogen) atoms. The van der Waals surface area contributed by atoms with Gasteiger partial charge in [0.25, 0.3) is 0 Å². The van der Waals surface area contributed by atoms with E-state index in [2.05, 4.69) is 19.9 Å². The summed E-state index contributed by atoms with van der Waals surface area (Å²) < 4.78 is 7.61. The van der Waals surface area contributed by atoms with Crippen LogP contribution in [-0.2, 0) is 4.74 Å². The highest BCUT2D eigenvalue weighted by molar-refractivity contribution is 6.33. The number of fused-ring (bicyclic) bond motifs is 1. The lowest BCUT2D eigenvalue weighted by Gasteiger charge is -2.11. The molecule has 0 N–H and O–H groups in total. The molecule has 3 aromatic heterocycles. The van der Waals surface area contributed by atoms with Crippen molar-refractivity contribution in [2.24, 2.45) is 0 Å². The fourth-order valence-corrected chi connectivity index (χ4v) is 2.70. The standard InChI is InChI=1S/C14H12ClN5O/c15-12-11-14(20(8-17-11)10-5-3-7-21-10)19-13(18-12)9-4-1-2-6-16-9/h1-2,4,6,8,10H,3,5,7H2. The minimum Gasteiger partial charge on any atom is -0.358 e. The lowest BCUT2D eigenvalue weighted by atomic mass is 10.3. The second-order valence-electron chi connectivity index (χ2n) is 4.84. The number of nitrogens with zero attached hydrogens (tertiary/aromatic N) is 5. The van der Waals surface area contributed by atoms with Crippen molar-refractivity contribution >= 4 is 22.8 Å². The van der Waals surface area contributed by atoms with E-state index in [0.29, 0.717) is 27.8 Å². The highest BCUT2D eigenvalue weighted by Gasteiger charge is 2.22. The van der Waals surface area contributed by atoms with Crippen molar-refractivity contribution in [3.8, 4) is 11.5 Å². The molecule has 0 amide bonds. The molecule has 1 atom stereocenters. The molecule has 1 aliphatic heterocycles. The lowest BCUT2D eigenvalue weighted by molar-refractivity contribution is 0.0593. The maximum absolute atomic E-state index is 6.24. The highest BCUT2D eigenvalue weighted by atomic mass is 35.5. The monoisotopic (exact) mass is 301 g/mol. The second-order valence-corrected chi connectivity index (χ2v) is 5.20. The van der Waals surface area contributed by atoms with Crippen LogP contribution in [-0.4, -0.2) is 31.1 Å². The van der Waals surface area contributed by atoms with Gasteiger partial charge in [-0.15, -0.1) is 0 Å². The molecule has 6 nitrogen and oxygen atoms in total. The topological polar surface area (TPSA) is 65.7 Å². The van der Waals surface area contributed by atoms with E-state index in [-0.39, 0.29) is 6.23 Å². The van der Waals surface area contributed by atoms with E-state index >= 15 is 0 Å². The summed E-state index contributed by atoms with van der Waals surface area (Å²) in [6, 6.07) is 5.59. The van der Waals surface area contributed by atoms with Crippen molar-refractivity contribution in [1.82, 2.24) is 24.5 Å². The van der Waals surface area contributed by atoms with E-state index in [1.807, 2.05) is 22.8 Å². The molecule has 0 saturated carbocycles. The predicted octanol–water partition coefficient (Wildman–Crippen LogP) is 2.85. The number of halogens is 1. The van der Waals surface area contributed by atoms with Crippen molar-refractivity contribution in [3.63, 3.8) is 0 Å². The zero-order valence-corrected chi connectivity index (χ0v) is 11.9. The van der Waals surface area contributed by atoms with Crippen molar-refractivity contribution in [2.45, 2.75) is 19.1 Å². The van der Waals surface area contributed by atoms with Crippen LogP contribution in [0.5, 0.6) is 0 Å². The molecule has 0 aromatic carbocycles. The SMILES string of the molecule is Clc1nc(-c2ccccn2)nc2c1ncn2C1CCCO1. The summed E-state index contributed by atoms with van der Waals surface area (Å²) in [4.78, 5) is 17.4. The fourth-order valence-electron chi connectivity index (χ4n) is 2.48. The number of hydrogen-bond donors (Lipinski definition) is 0. The van der Waals surface area contributed by atoms with Crippen LogP contribution in [0.3, 0.4) is 0 Å². The van der Waals surface area contributed by atoms with Crippen molar-refractivity contribution < 1.29 is 4.74 Å². The Morgan fingerprint density at radius 1 is 1.24 bits per heavy atom. The third-order valence-electron chi connectivity index (χ3n) is 3.49. The third kappa shape index (κ3) is 2.16. The van der Waals surface area contributed by atoms with Gasteiger partial charge >= 0.3 is 0 Å². The Bertz CT molecular complexity index is 783. The van der Waals surface area contributed by atoms with Crippen LogP contribution in [0.2, 0.25) is 5.15 Å². The number of imidazole rings is 1. The number of ether oxygens (including phenoxy) is 1. The lowest BCUT2D eigenvalue weighted by Crippen LogP contribution is -2.07. The van der Waals surface area contributed by atoms with Gasteiger partial charge in [-0.3, -0.25) is 9.55 Å². The molecule has 0 spiro atoms. The molecule has 1 fully saturated rings. The number of rotatable bonds is 2. The molecule has 1 saturated heterocycles. The Morgan fingerprint density at radius 2 is 2.19 bits per heavy atom. The van der Waals surface area contributed by atoms with Crippen molar-refractivity contribution in [3.05, 3.63) is 35.9 Å². The molecule has 1 aliphatic rings. The highest BCUT2D eigenvalue weighted by Crippen LogP contribution is 2.29. The number of aromatic nitrogens is 5. The zero-order chi connectivity index (χ0) is 14.2. The van der Waals surface area contributed by atoms with Gasteiger partial charge in [0.2, 0.25) is 0 Å². The van der Waals surface area contributed by atoms with Crippen molar-refractivity contribution in [2.75, 3.05) is 6.61 Å². The maximum atomic E-state index is 6.24. The molecule has 0 aliphatic carbocycles. The van der Waals surface area contributed by atoms with Gasteiger partial charge in [-0.25, -0.2) is 15.0 Å². The van der Waals surface area contributed by atoms with Gasteiger partial charge in [0.05, 0.1) is 6.33 Å². The summed E-state index contributed by atoms with van der Waals surface area (Å²) in [5.41, 5.74) is 1.95. The first-order valence-electron chi connectivity index (χ1n) is 6.76. The van der Waals surface area contributed by atoms with Crippen LogP contribution in [0.1, 0.15) is 19.1 Å². The van der Waals surface area contributed by atoms with Gasteiger partial charge in [0, 0.05) is 12.8 Å². The first kappa shape index (κ1) is 12.7. The number of hydrogen-bond acceptors (Lipinski definition) is 5. The van der Waals surface area contributed by atoms with E-state index in [1.165, 1.54) is 0 Å². The molecule has 3 aromatic rings. The largest absolute Gasteiger partial charge is 0.358 e. The van der Waals surface area contributed by atoms with Crippen LogP contribution in [0, 0.1) is 0 Å². The average Bonchev–Trinajstić information content (AvgIpc) is 3.16. The first-order chi connectivity index (χ1) is 10.3. The summed E-state index contributed by atoms with van der Waals surface area (Å²) in [6.45, 7) is 0.760. The van der Waals surface area contributed by atoms with E-state index < -0.39 is 0 Å². The summed E-state index contributed by atoms with van der Waals surface area (Å²) >= 11 is 6.24. The summed E-state index contributed by atoms with van der Waals surface area (Å²) in [6.07, 6.45) is 5.37. The Balaban J connectivity index is 1.89. The second kappa shape index (κ2) is 5.05. The van der Waals surface area contributed by atoms with Gasteiger partial charge in [-0.2, -0.15) is 0 Å². The Morgan fingerprint density at radius 3 is 2.95 bits per heavy atom. The normalized spacial score (nSPS) is 18.4. The molecule has 0 bridgehead atoms. The van der Waals surface area contributed by atoms with Crippen LogP contribution in [0.4, 0.5) is 0 Å². The molecule has 4 rings (SSSR count). The smallest absolute Gasteiger partial charge is 0.181 e. The Hall–Kier alpha value is -2.05. The van der Waals surface area contributed by atoms with Crippen LogP contribution in [0.15, 0.2) is 30.7 Å². The zero-order valence-electron chi connectivity index (χ0n) is 11.1. The maximum Gasteiger partial charge on any atom is 0.181 e. The van der Waals surface area contributed by atoms with Gasteiger partial charge in [0.1, 0.15) is 17.4 Å². The minimum atomic E-state index is -0.0300. The van der Waals surface area contributed by atoms with Gasteiger partial charge in [-0.05, 0) is 25.0 Å². The van der Waals surface area contributed by atoms with Gasteiger partial charge < -0.3 is 4.74 Å². The van der Waals surface area contributed by atoms with Crippen LogP contribution < -0.4 is 0 Å². The van der Waals surface area contributed by atoms with E-state index in [1.54, 1.807) is 12.5 Å². The van der Waals surface area contributed by atoms with E-state index in [4.69, 9.17) is 16.3 Å². The summed E-state index contributed by atoms with van der Waals surface area (Å²) in [7, 11) is 0. The third-order valence-corrected chi connectivity index (χ3v) is 3.75. The molecular formula is C14H12ClN5O. The molecule has 7 heteroatoms. The molecule has 106 valence electrons. The Kier molecular flexibility index (Phi) is 3.05. The molecule has 1 unspecified atom stereocenters. The summed E-state index contributed by atoms with van der Waals surface area (Å²) in [5, 5.41) is 0.331. The molecule has 0 radical (unpaired) electrons. The fraction of sp³-hybridized carbons (Fsp3) is 0.286. The summed E-state index contributed by atoms with van der Waals surface area (Å²) in [5.74, 6) is 0.493. The molecule has 4 heterocycles. The minimum absolute atomic E-state index is 0.0300. The molecular weight excluding hydrogens is 290 g/mol. The van der Waals surface area contributed by atoms with Crippen LogP contribution >= 0.6 is 11.6 Å². The van der Waals surface area contributed by atoms with Crippen molar-refractivity contribution in [1.29, 1.82) is 0 Å². The van der Waals surface area contributed by atoms with Crippen LogP contribution in [0.25, 0.3) is 22.7 Å². The predicted molar refractivity (Wildman–Crippen MR) is 77.8 cm³/mol. The quantitative estimate of drug-likeness (QED) is 0.681. The van der Waals surface area contributed by atoms with E-state index in [0.717, 1.165) is 19.4 Å².